The standard InChI is InChI=1S/C20H24N2O4S/c1-3-24-13-14-26-18-9-5-15(6-10-18)19(23)22-20(27)21-16-7-11-17(12-8-16)25-4-2/h5-12H,3-4,13-14H2,1-2H3,(H2,21,22,23,27). The summed E-state index contributed by atoms with van der Waals surface area (Å²) in [6.45, 7) is 6.13. The number of thiocarbonyl (C=S) groups is 1. The molecule has 0 unspecified atom stereocenters. The van der Waals surface area contributed by atoms with E-state index in [9.17, 15) is 4.79 Å². The van der Waals surface area contributed by atoms with E-state index in [0.717, 1.165) is 11.4 Å². The van der Waals surface area contributed by atoms with E-state index in [0.29, 0.717) is 37.7 Å². The van der Waals surface area contributed by atoms with Crippen molar-refractivity contribution < 1.29 is 19.0 Å². The number of nitrogens with one attached hydrogen (secondary N) is 2. The molecule has 0 aromatic heterocycles. The van der Waals surface area contributed by atoms with Gasteiger partial charge in [0.1, 0.15) is 18.1 Å². The van der Waals surface area contributed by atoms with Gasteiger partial charge in [0.05, 0.1) is 13.2 Å². The number of carbonyl (C=O) groups excluding carboxylic acids is 1. The highest BCUT2D eigenvalue weighted by molar-refractivity contribution is 7.80. The highest BCUT2D eigenvalue weighted by Crippen LogP contribution is 2.16. The van der Waals surface area contributed by atoms with Gasteiger partial charge in [-0.3, -0.25) is 10.1 Å². The van der Waals surface area contributed by atoms with Crippen molar-refractivity contribution >= 4 is 28.9 Å². The van der Waals surface area contributed by atoms with Crippen molar-refractivity contribution in [3.05, 3.63) is 54.1 Å². The van der Waals surface area contributed by atoms with Crippen molar-refractivity contribution in [1.29, 1.82) is 0 Å². The van der Waals surface area contributed by atoms with Crippen LogP contribution in [0.25, 0.3) is 0 Å². The van der Waals surface area contributed by atoms with E-state index < -0.39 is 0 Å². The average Bonchev–Trinajstić information content (AvgIpc) is 2.67. The maximum Gasteiger partial charge on any atom is 0.257 e. The molecule has 0 bridgehead atoms. The van der Waals surface area contributed by atoms with Gasteiger partial charge in [-0.25, -0.2) is 0 Å². The molecule has 27 heavy (non-hydrogen) atoms. The molecular formula is C20H24N2O4S. The van der Waals surface area contributed by atoms with Crippen LogP contribution in [0.15, 0.2) is 48.5 Å². The number of amides is 1. The van der Waals surface area contributed by atoms with Crippen molar-refractivity contribution in [3.8, 4) is 11.5 Å². The molecule has 2 aromatic carbocycles. The number of carbonyl (C=O) groups is 1. The average molecular weight is 388 g/mol. The third kappa shape index (κ3) is 7.24. The maximum absolute atomic E-state index is 12.3. The molecule has 0 fully saturated rings. The molecule has 1 amide bonds. The molecule has 0 saturated carbocycles. The summed E-state index contributed by atoms with van der Waals surface area (Å²) in [7, 11) is 0. The van der Waals surface area contributed by atoms with Gasteiger partial charge in [0.25, 0.3) is 5.91 Å². The van der Waals surface area contributed by atoms with Gasteiger partial charge in [0.2, 0.25) is 0 Å². The molecule has 2 N–H and O–H groups in total. The fourth-order valence-corrected chi connectivity index (χ4v) is 2.41. The number of anilines is 1. The zero-order valence-electron chi connectivity index (χ0n) is 15.5. The van der Waals surface area contributed by atoms with Crippen LogP contribution in [0.4, 0.5) is 5.69 Å². The minimum absolute atomic E-state index is 0.223. The Morgan fingerprint density at radius 1 is 0.889 bits per heavy atom. The highest BCUT2D eigenvalue weighted by Gasteiger charge is 2.08. The first-order chi connectivity index (χ1) is 13.1. The van der Waals surface area contributed by atoms with Crippen LogP contribution in [0, 0.1) is 0 Å². The SMILES string of the molecule is CCOCCOc1ccc(C(=O)NC(=S)Nc2ccc(OCC)cc2)cc1. The van der Waals surface area contributed by atoms with Crippen LogP contribution in [0.1, 0.15) is 24.2 Å². The molecule has 0 atom stereocenters. The summed E-state index contributed by atoms with van der Waals surface area (Å²) >= 11 is 5.19. The Morgan fingerprint density at radius 3 is 2.15 bits per heavy atom. The summed E-state index contributed by atoms with van der Waals surface area (Å²) in [6, 6.07) is 14.2. The molecule has 0 aliphatic rings. The Bertz CT molecular complexity index is 733. The predicted molar refractivity (Wildman–Crippen MR) is 110 cm³/mol. The van der Waals surface area contributed by atoms with E-state index in [4.69, 9.17) is 26.4 Å². The van der Waals surface area contributed by atoms with Crippen LogP contribution in [-0.4, -0.2) is 37.4 Å². The van der Waals surface area contributed by atoms with Gasteiger partial charge in [-0.1, -0.05) is 0 Å². The molecule has 0 aliphatic heterocycles. The highest BCUT2D eigenvalue weighted by atomic mass is 32.1. The molecular weight excluding hydrogens is 364 g/mol. The number of hydrogen-bond acceptors (Lipinski definition) is 5. The summed E-state index contributed by atoms with van der Waals surface area (Å²) in [5, 5.41) is 5.84. The van der Waals surface area contributed by atoms with Gasteiger partial charge in [0, 0.05) is 17.9 Å². The second kappa shape index (κ2) is 11.2. The van der Waals surface area contributed by atoms with E-state index >= 15 is 0 Å². The summed E-state index contributed by atoms with van der Waals surface area (Å²) in [6.07, 6.45) is 0. The summed E-state index contributed by atoms with van der Waals surface area (Å²) < 4.78 is 16.1. The largest absolute Gasteiger partial charge is 0.494 e. The number of benzene rings is 2. The van der Waals surface area contributed by atoms with Crippen LogP contribution >= 0.6 is 12.2 Å². The fourth-order valence-electron chi connectivity index (χ4n) is 2.20. The normalized spacial score (nSPS) is 10.1. The quantitative estimate of drug-likeness (QED) is 0.505. The Labute approximate surface area is 164 Å². The molecule has 2 rings (SSSR count). The smallest absolute Gasteiger partial charge is 0.257 e. The first-order valence-corrected chi connectivity index (χ1v) is 9.19. The van der Waals surface area contributed by atoms with E-state index in [1.165, 1.54) is 0 Å². The Hall–Kier alpha value is -2.64. The third-order valence-corrected chi connectivity index (χ3v) is 3.67. The molecule has 0 radical (unpaired) electrons. The van der Waals surface area contributed by atoms with Crippen LogP contribution in [0.2, 0.25) is 0 Å². The van der Waals surface area contributed by atoms with Gasteiger partial charge in [-0.05, 0) is 74.6 Å². The van der Waals surface area contributed by atoms with Crippen molar-refractivity contribution in [2.75, 3.05) is 31.7 Å². The summed E-state index contributed by atoms with van der Waals surface area (Å²) in [4.78, 5) is 12.3. The number of ether oxygens (including phenoxy) is 3. The molecule has 6 nitrogen and oxygen atoms in total. The van der Waals surface area contributed by atoms with E-state index in [-0.39, 0.29) is 11.0 Å². The first kappa shape index (κ1) is 20.7. The van der Waals surface area contributed by atoms with Crippen molar-refractivity contribution in [2.45, 2.75) is 13.8 Å². The van der Waals surface area contributed by atoms with Gasteiger partial charge in [0.15, 0.2) is 5.11 Å². The second-order valence-electron chi connectivity index (χ2n) is 5.44. The Kier molecular flexibility index (Phi) is 8.54. The Balaban J connectivity index is 1.82. The summed E-state index contributed by atoms with van der Waals surface area (Å²) in [5.41, 5.74) is 1.25. The molecule has 0 aliphatic carbocycles. The lowest BCUT2D eigenvalue weighted by Gasteiger charge is -2.11. The van der Waals surface area contributed by atoms with Crippen LogP contribution < -0.4 is 20.1 Å². The minimum atomic E-state index is -0.292. The minimum Gasteiger partial charge on any atom is -0.494 e. The monoisotopic (exact) mass is 388 g/mol. The second-order valence-corrected chi connectivity index (χ2v) is 5.84. The molecule has 0 spiro atoms. The van der Waals surface area contributed by atoms with Crippen LogP contribution in [0.3, 0.4) is 0 Å². The lowest BCUT2D eigenvalue weighted by molar-refractivity contribution is 0.0977. The van der Waals surface area contributed by atoms with Gasteiger partial charge >= 0.3 is 0 Å². The molecule has 7 heteroatoms. The van der Waals surface area contributed by atoms with E-state index in [1.807, 2.05) is 38.1 Å². The molecule has 144 valence electrons. The van der Waals surface area contributed by atoms with E-state index in [1.54, 1.807) is 24.3 Å². The van der Waals surface area contributed by atoms with Gasteiger partial charge in [-0.2, -0.15) is 0 Å². The third-order valence-electron chi connectivity index (χ3n) is 3.47. The fraction of sp³-hybridized carbons (Fsp3) is 0.300. The van der Waals surface area contributed by atoms with Crippen molar-refractivity contribution in [3.63, 3.8) is 0 Å². The lowest BCUT2D eigenvalue weighted by atomic mass is 10.2. The first-order valence-electron chi connectivity index (χ1n) is 8.78. The predicted octanol–water partition coefficient (Wildman–Crippen LogP) is 3.63. The zero-order valence-corrected chi connectivity index (χ0v) is 16.3. The van der Waals surface area contributed by atoms with Gasteiger partial charge in [-0.15, -0.1) is 0 Å². The van der Waals surface area contributed by atoms with E-state index in [2.05, 4.69) is 10.6 Å². The molecule has 0 heterocycles. The van der Waals surface area contributed by atoms with Crippen molar-refractivity contribution in [1.82, 2.24) is 5.32 Å². The van der Waals surface area contributed by atoms with Crippen molar-refractivity contribution in [2.24, 2.45) is 0 Å². The maximum atomic E-state index is 12.3. The van der Waals surface area contributed by atoms with Gasteiger partial charge < -0.3 is 19.5 Å². The zero-order chi connectivity index (χ0) is 19.5. The number of rotatable bonds is 9. The van der Waals surface area contributed by atoms with Crippen LogP contribution in [-0.2, 0) is 4.74 Å². The Morgan fingerprint density at radius 2 is 1.52 bits per heavy atom. The molecule has 0 saturated heterocycles. The topological polar surface area (TPSA) is 68.8 Å². The van der Waals surface area contributed by atoms with Crippen LogP contribution in [0.5, 0.6) is 11.5 Å². The number of hydrogen-bond donors (Lipinski definition) is 2. The summed E-state index contributed by atoms with van der Waals surface area (Å²) in [5.74, 6) is 1.17. The lowest BCUT2D eigenvalue weighted by Crippen LogP contribution is -2.34. The molecule has 2 aromatic rings.